The van der Waals surface area contributed by atoms with Gasteiger partial charge >= 0.3 is 0 Å². The lowest BCUT2D eigenvalue weighted by Crippen LogP contribution is -2.45. The van der Waals surface area contributed by atoms with Gasteiger partial charge in [0.2, 0.25) is 0 Å². The van der Waals surface area contributed by atoms with Gasteiger partial charge in [-0.2, -0.15) is 0 Å². The van der Waals surface area contributed by atoms with Gasteiger partial charge in [-0.25, -0.2) is 0 Å². The Kier molecular flexibility index (Phi) is 3.83. The van der Waals surface area contributed by atoms with Crippen LogP contribution in [0, 0.1) is 0 Å². The van der Waals surface area contributed by atoms with Crippen molar-refractivity contribution in [2.45, 2.75) is 18.6 Å². The number of fused-ring (bicyclic) bond motifs is 5. The van der Waals surface area contributed by atoms with Gasteiger partial charge in [0.05, 0.1) is 26.5 Å². The van der Waals surface area contributed by atoms with Crippen molar-refractivity contribution in [2.75, 3.05) is 26.1 Å². The van der Waals surface area contributed by atoms with E-state index in [1.807, 2.05) is 12.1 Å². The van der Waals surface area contributed by atoms with E-state index >= 15 is 0 Å². The molecule has 1 aromatic heterocycles. The van der Waals surface area contributed by atoms with Crippen molar-refractivity contribution in [3.8, 4) is 11.5 Å². The maximum Gasteiger partial charge on any atom is 0.161 e. The van der Waals surface area contributed by atoms with Gasteiger partial charge < -0.3 is 19.2 Å². The highest BCUT2D eigenvalue weighted by molar-refractivity contribution is 5.61. The molecule has 3 aromatic rings. The Morgan fingerprint density at radius 3 is 2.59 bits per heavy atom. The molecule has 27 heavy (non-hydrogen) atoms. The first kappa shape index (κ1) is 16.3. The third-order valence-electron chi connectivity index (χ3n) is 5.60. The largest absolute Gasteiger partial charge is 0.493 e. The van der Waals surface area contributed by atoms with Gasteiger partial charge in [0, 0.05) is 12.2 Å². The van der Waals surface area contributed by atoms with Crippen LogP contribution >= 0.6 is 0 Å². The number of para-hydroxylation sites is 1. The summed E-state index contributed by atoms with van der Waals surface area (Å²) in [6.45, 7) is 0.930. The highest BCUT2D eigenvalue weighted by Gasteiger charge is 2.40. The van der Waals surface area contributed by atoms with Crippen LogP contribution in [-0.4, -0.2) is 25.7 Å². The number of hydrogen-bond acceptors (Lipinski definition) is 5. The predicted octanol–water partition coefficient (Wildman–Crippen LogP) is 4.37. The van der Waals surface area contributed by atoms with Crippen LogP contribution in [0.2, 0.25) is 0 Å². The first-order valence-electron chi connectivity index (χ1n) is 9.19. The standard InChI is InChI=1S/C22H22N2O3/c1-25-19-12-14-9-10-24-21(16(14)13-20(19)26-2)15-6-3-4-7-17(15)23-22(24)18-8-5-11-27-18/h3-8,11-13,21-23H,9-10H2,1-2H3/t21-,22-/m1/s1. The minimum absolute atomic E-state index is 0.00106. The van der Waals surface area contributed by atoms with Gasteiger partial charge in [-0.05, 0) is 53.4 Å². The molecule has 0 amide bonds. The van der Waals surface area contributed by atoms with Crippen LogP contribution in [-0.2, 0) is 6.42 Å². The summed E-state index contributed by atoms with van der Waals surface area (Å²) in [6.07, 6.45) is 2.69. The molecule has 5 nitrogen and oxygen atoms in total. The normalized spacial score (nSPS) is 20.8. The van der Waals surface area contributed by atoms with Crippen LogP contribution in [0.15, 0.2) is 59.2 Å². The number of anilines is 1. The van der Waals surface area contributed by atoms with Crippen LogP contribution in [0.3, 0.4) is 0 Å². The minimum Gasteiger partial charge on any atom is -0.493 e. The fourth-order valence-corrected chi connectivity index (χ4v) is 4.37. The molecule has 2 aliphatic rings. The van der Waals surface area contributed by atoms with Crippen molar-refractivity contribution in [3.63, 3.8) is 0 Å². The Morgan fingerprint density at radius 1 is 1.00 bits per heavy atom. The van der Waals surface area contributed by atoms with Gasteiger partial charge in [-0.3, -0.25) is 4.90 Å². The third-order valence-corrected chi connectivity index (χ3v) is 5.60. The Hall–Kier alpha value is -2.92. The Bertz CT molecular complexity index is 968. The maximum atomic E-state index is 5.76. The summed E-state index contributed by atoms with van der Waals surface area (Å²) in [5.41, 5.74) is 4.99. The molecular weight excluding hydrogens is 340 g/mol. The lowest BCUT2D eigenvalue weighted by atomic mass is 9.85. The Balaban J connectivity index is 1.69. The first-order chi connectivity index (χ1) is 13.3. The summed E-state index contributed by atoms with van der Waals surface area (Å²) in [7, 11) is 3.37. The summed E-state index contributed by atoms with van der Waals surface area (Å²) < 4.78 is 16.9. The van der Waals surface area contributed by atoms with E-state index in [0.29, 0.717) is 0 Å². The van der Waals surface area contributed by atoms with Crippen molar-refractivity contribution in [2.24, 2.45) is 0 Å². The lowest BCUT2D eigenvalue weighted by Gasteiger charge is -2.46. The lowest BCUT2D eigenvalue weighted by molar-refractivity contribution is 0.137. The van der Waals surface area contributed by atoms with E-state index in [9.17, 15) is 0 Å². The Morgan fingerprint density at radius 2 is 1.81 bits per heavy atom. The number of methoxy groups -OCH3 is 2. The average Bonchev–Trinajstić information content (AvgIpc) is 3.26. The number of hydrogen-bond donors (Lipinski definition) is 1. The maximum absolute atomic E-state index is 5.76. The average molecular weight is 362 g/mol. The van der Waals surface area contributed by atoms with Gasteiger partial charge in [-0.1, -0.05) is 18.2 Å². The summed E-state index contributed by atoms with van der Waals surface area (Å²) in [5.74, 6) is 2.48. The van der Waals surface area contributed by atoms with Crippen LogP contribution in [0.25, 0.3) is 0 Å². The smallest absolute Gasteiger partial charge is 0.161 e. The van der Waals surface area contributed by atoms with E-state index in [4.69, 9.17) is 13.9 Å². The molecule has 0 saturated heterocycles. The highest BCUT2D eigenvalue weighted by Crippen LogP contribution is 2.48. The second-order valence-electron chi connectivity index (χ2n) is 6.95. The van der Waals surface area contributed by atoms with Gasteiger partial charge in [0.15, 0.2) is 11.5 Å². The number of ether oxygens (including phenoxy) is 2. The van der Waals surface area contributed by atoms with E-state index < -0.39 is 0 Å². The number of nitrogens with zero attached hydrogens (tertiary/aromatic N) is 1. The van der Waals surface area contributed by atoms with Crippen molar-refractivity contribution in [1.29, 1.82) is 0 Å². The number of furan rings is 1. The number of nitrogens with one attached hydrogen (secondary N) is 1. The van der Waals surface area contributed by atoms with Gasteiger partial charge in [0.25, 0.3) is 0 Å². The van der Waals surface area contributed by atoms with E-state index in [2.05, 4.69) is 46.6 Å². The topological polar surface area (TPSA) is 46.9 Å². The highest BCUT2D eigenvalue weighted by atomic mass is 16.5. The monoisotopic (exact) mass is 362 g/mol. The van der Waals surface area contributed by atoms with E-state index in [1.54, 1.807) is 20.5 Å². The second-order valence-corrected chi connectivity index (χ2v) is 6.95. The first-order valence-corrected chi connectivity index (χ1v) is 9.19. The summed E-state index contributed by atoms with van der Waals surface area (Å²) in [5, 5.41) is 3.66. The van der Waals surface area contributed by atoms with Crippen molar-refractivity contribution < 1.29 is 13.9 Å². The SMILES string of the molecule is COc1cc2c(cc1OC)[C@H]1c3ccccc3N[C@@H](c3ccco3)N1CC2. The second kappa shape index (κ2) is 6.35. The van der Waals surface area contributed by atoms with Crippen molar-refractivity contribution in [1.82, 2.24) is 4.90 Å². The van der Waals surface area contributed by atoms with Crippen molar-refractivity contribution in [3.05, 3.63) is 77.2 Å². The van der Waals surface area contributed by atoms with Gasteiger partial charge in [-0.15, -0.1) is 0 Å². The fourth-order valence-electron chi connectivity index (χ4n) is 4.37. The third kappa shape index (κ3) is 2.50. The fraction of sp³-hybridized carbons (Fsp3) is 0.273. The molecule has 2 aromatic carbocycles. The molecule has 0 bridgehead atoms. The van der Waals surface area contributed by atoms with Crippen LogP contribution < -0.4 is 14.8 Å². The molecule has 0 spiro atoms. The van der Waals surface area contributed by atoms with Crippen molar-refractivity contribution >= 4 is 5.69 Å². The molecule has 0 fully saturated rings. The number of benzene rings is 2. The molecule has 3 heterocycles. The molecule has 0 saturated carbocycles. The molecular formula is C22H22N2O3. The summed E-state index contributed by atoms with van der Waals surface area (Å²) >= 11 is 0. The molecule has 1 N–H and O–H groups in total. The molecule has 5 rings (SSSR count). The van der Waals surface area contributed by atoms with Crippen LogP contribution in [0.1, 0.15) is 34.7 Å². The predicted molar refractivity (Wildman–Crippen MR) is 103 cm³/mol. The van der Waals surface area contributed by atoms with E-state index in [-0.39, 0.29) is 12.2 Å². The molecule has 0 aliphatic carbocycles. The zero-order valence-corrected chi connectivity index (χ0v) is 15.4. The summed E-state index contributed by atoms with van der Waals surface area (Å²) in [4.78, 5) is 2.47. The molecule has 2 atom stereocenters. The minimum atomic E-state index is 0.00106. The zero-order chi connectivity index (χ0) is 18.4. The van der Waals surface area contributed by atoms with E-state index in [0.717, 1.165) is 35.9 Å². The van der Waals surface area contributed by atoms with Crippen LogP contribution in [0.5, 0.6) is 11.5 Å². The van der Waals surface area contributed by atoms with E-state index in [1.165, 1.54) is 16.7 Å². The quantitative estimate of drug-likeness (QED) is 0.750. The summed E-state index contributed by atoms with van der Waals surface area (Å²) in [6, 6.07) is 16.9. The molecule has 0 radical (unpaired) electrons. The molecule has 0 unspecified atom stereocenters. The Labute approximate surface area is 158 Å². The molecule has 5 heteroatoms. The van der Waals surface area contributed by atoms with Crippen LogP contribution in [0.4, 0.5) is 5.69 Å². The zero-order valence-electron chi connectivity index (χ0n) is 15.4. The number of rotatable bonds is 3. The molecule has 138 valence electrons. The van der Waals surface area contributed by atoms with Gasteiger partial charge in [0.1, 0.15) is 11.9 Å². The molecule has 2 aliphatic heterocycles.